The lowest BCUT2D eigenvalue weighted by molar-refractivity contribution is 0.0324. The molecule has 1 saturated heterocycles. The molecule has 0 radical (unpaired) electrons. The number of halogens is 2. The average Bonchev–Trinajstić information content (AvgIpc) is 3.61. The lowest BCUT2D eigenvalue weighted by Gasteiger charge is -2.40. The van der Waals surface area contributed by atoms with E-state index in [0.29, 0.717) is 30.8 Å². The van der Waals surface area contributed by atoms with Crippen LogP contribution in [0.15, 0.2) is 24.3 Å². The van der Waals surface area contributed by atoms with Gasteiger partial charge in [-0.25, -0.2) is 4.98 Å². The Balaban J connectivity index is 0.00000216. The van der Waals surface area contributed by atoms with E-state index in [4.69, 9.17) is 9.72 Å². The zero-order valence-electron chi connectivity index (χ0n) is 21.2. The Labute approximate surface area is 221 Å². The van der Waals surface area contributed by atoms with Crippen molar-refractivity contribution in [3.8, 4) is 0 Å². The third-order valence-electron chi connectivity index (χ3n) is 7.04. The zero-order chi connectivity index (χ0) is 23.4. The monoisotopic (exact) mass is 528 g/mol. The lowest BCUT2D eigenvalue weighted by Crippen LogP contribution is -2.54. The molecule has 2 unspecified atom stereocenters. The first-order chi connectivity index (χ1) is 16.0. The molecule has 198 valence electrons. The fraction of sp³-hybridized carbons (Fsp3) is 0.692. The summed E-state index contributed by atoms with van der Waals surface area (Å²) in [6, 6.07) is 8.07. The standard InChI is InChI=1S/C26H40N4O3.2ClH/c1-18(2)17-30(21-14-20(15-27-16-21)24(31)19-10-11-19)26(32)25-28-22-8-4-5-9-23(22)29(25)12-6-7-13-33-3;;/h4-5,8-9,18-21,24,27,31H,6-7,10-17H2,1-3H3;2*1H/t20?,21-,24?;;/m0../s1. The predicted molar refractivity (Wildman–Crippen MR) is 145 cm³/mol. The van der Waals surface area contributed by atoms with Gasteiger partial charge in [0.1, 0.15) is 0 Å². The molecule has 0 bridgehead atoms. The number of unbranched alkanes of at least 4 members (excludes halogenated alkanes) is 1. The van der Waals surface area contributed by atoms with Crippen molar-refractivity contribution < 1.29 is 14.6 Å². The predicted octanol–water partition coefficient (Wildman–Crippen LogP) is 4.15. The van der Waals surface area contributed by atoms with E-state index < -0.39 is 0 Å². The summed E-state index contributed by atoms with van der Waals surface area (Å²) in [6.45, 7) is 8.04. The number of fused-ring (bicyclic) bond motifs is 1. The summed E-state index contributed by atoms with van der Waals surface area (Å²) in [5.74, 6) is 1.52. The number of benzene rings is 1. The van der Waals surface area contributed by atoms with Gasteiger partial charge in [0.15, 0.2) is 5.82 Å². The highest BCUT2D eigenvalue weighted by molar-refractivity contribution is 5.95. The highest BCUT2D eigenvalue weighted by Crippen LogP contribution is 2.38. The van der Waals surface area contributed by atoms with Crippen LogP contribution in [0.1, 0.15) is 56.6 Å². The first kappa shape index (κ1) is 29.8. The Morgan fingerprint density at radius 1 is 1.20 bits per heavy atom. The second-order valence-electron chi connectivity index (χ2n) is 10.3. The van der Waals surface area contributed by atoms with Crippen molar-refractivity contribution in [2.45, 2.75) is 64.6 Å². The Bertz CT molecular complexity index is 934. The minimum absolute atomic E-state index is 0. The summed E-state index contributed by atoms with van der Waals surface area (Å²) in [4.78, 5) is 20.8. The van der Waals surface area contributed by atoms with E-state index in [1.165, 1.54) is 0 Å². The third-order valence-corrected chi connectivity index (χ3v) is 7.04. The van der Waals surface area contributed by atoms with Crippen LogP contribution in [-0.2, 0) is 11.3 Å². The van der Waals surface area contributed by atoms with Gasteiger partial charge in [0.25, 0.3) is 5.91 Å². The highest BCUT2D eigenvalue weighted by atomic mass is 35.5. The van der Waals surface area contributed by atoms with Crippen molar-refractivity contribution in [1.29, 1.82) is 0 Å². The number of amides is 1. The number of hydrogen-bond acceptors (Lipinski definition) is 5. The van der Waals surface area contributed by atoms with Crippen LogP contribution in [0.25, 0.3) is 11.0 Å². The molecule has 7 nitrogen and oxygen atoms in total. The van der Waals surface area contributed by atoms with E-state index in [0.717, 1.165) is 62.8 Å². The molecule has 2 aliphatic rings. The molecule has 2 heterocycles. The first-order valence-electron chi connectivity index (χ1n) is 12.6. The third kappa shape index (κ3) is 7.32. The molecular formula is C26H42Cl2N4O3. The van der Waals surface area contributed by atoms with Crippen molar-refractivity contribution in [3.05, 3.63) is 30.1 Å². The molecule has 1 aromatic heterocycles. The molecule has 35 heavy (non-hydrogen) atoms. The summed E-state index contributed by atoms with van der Waals surface area (Å²) >= 11 is 0. The van der Waals surface area contributed by atoms with Gasteiger partial charge in [0.05, 0.1) is 17.1 Å². The molecule has 2 aromatic rings. The van der Waals surface area contributed by atoms with Crippen LogP contribution < -0.4 is 5.32 Å². The number of carbonyl (C=O) groups is 1. The molecule has 4 rings (SSSR count). The smallest absolute Gasteiger partial charge is 0.290 e. The minimum Gasteiger partial charge on any atom is -0.393 e. The number of nitrogens with one attached hydrogen (secondary N) is 1. The number of piperidine rings is 1. The quantitative estimate of drug-likeness (QED) is 0.428. The largest absolute Gasteiger partial charge is 0.393 e. The van der Waals surface area contributed by atoms with E-state index in [2.05, 4.69) is 23.7 Å². The van der Waals surface area contributed by atoms with Gasteiger partial charge in [-0.2, -0.15) is 0 Å². The van der Waals surface area contributed by atoms with Crippen LogP contribution in [0.3, 0.4) is 0 Å². The van der Waals surface area contributed by atoms with Crippen molar-refractivity contribution >= 4 is 41.8 Å². The van der Waals surface area contributed by atoms with Gasteiger partial charge >= 0.3 is 0 Å². The fourth-order valence-electron chi connectivity index (χ4n) is 5.17. The fourth-order valence-corrected chi connectivity index (χ4v) is 5.17. The van der Waals surface area contributed by atoms with E-state index >= 15 is 0 Å². The number of aliphatic hydroxyl groups is 1. The Hall–Kier alpha value is -1.38. The Morgan fingerprint density at radius 3 is 2.63 bits per heavy atom. The van der Waals surface area contributed by atoms with Gasteiger partial charge in [-0.3, -0.25) is 4.79 Å². The summed E-state index contributed by atoms with van der Waals surface area (Å²) in [6.07, 6.45) is 4.71. The van der Waals surface area contributed by atoms with Crippen molar-refractivity contribution in [2.24, 2.45) is 17.8 Å². The number of carbonyl (C=O) groups excluding carboxylic acids is 1. The molecule has 1 saturated carbocycles. The van der Waals surface area contributed by atoms with Crippen LogP contribution >= 0.6 is 24.8 Å². The normalized spacial score (nSPS) is 20.8. The van der Waals surface area contributed by atoms with Crippen LogP contribution in [0, 0.1) is 17.8 Å². The number of ether oxygens (including phenoxy) is 1. The maximum atomic E-state index is 14.0. The van der Waals surface area contributed by atoms with Crippen molar-refractivity contribution in [1.82, 2.24) is 19.8 Å². The number of methoxy groups -OCH3 is 1. The van der Waals surface area contributed by atoms with Crippen LogP contribution in [-0.4, -0.2) is 71.0 Å². The molecule has 2 fully saturated rings. The zero-order valence-corrected chi connectivity index (χ0v) is 22.8. The summed E-state index contributed by atoms with van der Waals surface area (Å²) in [5.41, 5.74) is 1.87. The Kier molecular flexibility index (Phi) is 11.8. The maximum Gasteiger partial charge on any atom is 0.290 e. The Morgan fingerprint density at radius 2 is 1.94 bits per heavy atom. The number of aromatic nitrogens is 2. The topological polar surface area (TPSA) is 79.6 Å². The summed E-state index contributed by atoms with van der Waals surface area (Å²) in [5, 5.41) is 14.3. The number of imidazole rings is 1. The second-order valence-corrected chi connectivity index (χ2v) is 10.3. The van der Waals surface area contributed by atoms with E-state index in [1.807, 2.05) is 29.2 Å². The lowest BCUT2D eigenvalue weighted by atomic mass is 9.87. The number of para-hydroxylation sites is 2. The van der Waals surface area contributed by atoms with Crippen LogP contribution in [0.5, 0.6) is 0 Å². The minimum atomic E-state index is -0.262. The maximum absolute atomic E-state index is 14.0. The molecule has 1 aliphatic carbocycles. The van der Waals surface area contributed by atoms with Crippen LogP contribution in [0.2, 0.25) is 0 Å². The molecule has 0 spiro atoms. The molecule has 3 atom stereocenters. The van der Waals surface area contributed by atoms with Crippen molar-refractivity contribution in [2.75, 3.05) is 33.4 Å². The average molecular weight is 530 g/mol. The second kappa shape index (κ2) is 13.8. The highest BCUT2D eigenvalue weighted by Gasteiger charge is 2.40. The molecule has 1 aliphatic heterocycles. The summed E-state index contributed by atoms with van der Waals surface area (Å²) < 4.78 is 7.30. The van der Waals surface area contributed by atoms with Gasteiger partial charge in [-0.05, 0) is 62.0 Å². The number of nitrogens with zero attached hydrogens (tertiary/aromatic N) is 3. The van der Waals surface area contributed by atoms with Gasteiger partial charge < -0.3 is 24.6 Å². The molecule has 1 aromatic carbocycles. The van der Waals surface area contributed by atoms with Gasteiger partial charge in [0, 0.05) is 45.9 Å². The molecule has 9 heteroatoms. The molecule has 1 amide bonds. The number of hydrogen-bond donors (Lipinski definition) is 2. The van der Waals surface area contributed by atoms with Gasteiger partial charge in [0.2, 0.25) is 0 Å². The summed E-state index contributed by atoms with van der Waals surface area (Å²) in [7, 11) is 1.72. The number of aryl methyl sites for hydroxylation is 1. The SMILES string of the molecule is COCCCCn1c(C(=O)N(CC(C)C)[C@@H]2CNCC(C(O)C3CC3)C2)nc2ccccc21.Cl.Cl. The molecular weight excluding hydrogens is 487 g/mol. The number of rotatable bonds is 11. The number of aliphatic hydroxyl groups excluding tert-OH is 1. The molecule has 2 N–H and O–H groups in total. The first-order valence-corrected chi connectivity index (χ1v) is 12.6. The van der Waals surface area contributed by atoms with E-state index in [9.17, 15) is 9.90 Å². The van der Waals surface area contributed by atoms with Crippen molar-refractivity contribution in [3.63, 3.8) is 0 Å². The van der Waals surface area contributed by atoms with E-state index in [-0.39, 0.29) is 48.8 Å². The van der Waals surface area contributed by atoms with E-state index in [1.54, 1.807) is 7.11 Å². The van der Waals surface area contributed by atoms with Gasteiger partial charge in [-0.1, -0.05) is 26.0 Å². The van der Waals surface area contributed by atoms with Gasteiger partial charge in [-0.15, -0.1) is 24.8 Å². The van der Waals surface area contributed by atoms with Crippen LogP contribution in [0.4, 0.5) is 0 Å².